The first kappa shape index (κ1) is 13.5. The van der Waals surface area contributed by atoms with Crippen LogP contribution in [0.1, 0.15) is 11.4 Å². The lowest BCUT2D eigenvalue weighted by Gasteiger charge is -2.06. The van der Waals surface area contributed by atoms with E-state index in [2.05, 4.69) is 10.4 Å². The van der Waals surface area contributed by atoms with E-state index in [-0.39, 0.29) is 17.4 Å². The number of carbonyl (C=O) groups excluding carboxylic acids is 1. The maximum atomic E-state index is 13.0. The second-order valence-electron chi connectivity index (χ2n) is 4.25. The lowest BCUT2D eigenvalue weighted by molar-refractivity contribution is -0.115. The van der Waals surface area contributed by atoms with Crippen LogP contribution in [0.3, 0.4) is 0 Å². The molecule has 1 N–H and O–H groups in total. The van der Waals surface area contributed by atoms with Crippen molar-refractivity contribution >= 4 is 23.2 Å². The molecule has 1 aromatic carbocycles. The molecule has 0 aliphatic carbocycles. The number of hydrogen-bond donors (Lipinski definition) is 1. The highest BCUT2D eigenvalue weighted by atomic mass is 35.5. The molecule has 1 heterocycles. The molecule has 2 rings (SSSR count). The molecule has 0 spiro atoms. The third-order valence-electron chi connectivity index (χ3n) is 2.64. The van der Waals surface area contributed by atoms with Gasteiger partial charge in [-0.05, 0) is 31.2 Å². The van der Waals surface area contributed by atoms with Gasteiger partial charge in [0, 0.05) is 18.4 Å². The monoisotopic (exact) mass is 281 g/mol. The minimum absolute atomic E-state index is 0.0193. The molecule has 0 unspecified atom stereocenters. The van der Waals surface area contributed by atoms with Crippen LogP contribution in [0.4, 0.5) is 10.1 Å². The summed E-state index contributed by atoms with van der Waals surface area (Å²) in [6.07, 6.45) is 0.201. The smallest absolute Gasteiger partial charge is 0.230 e. The molecule has 1 amide bonds. The number of nitrogens with zero attached hydrogens (tertiary/aromatic N) is 2. The number of hydrogen-bond acceptors (Lipinski definition) is 2. The molecule has 0 saturated heterocycles. The Kier molecular flexibility index (Phi) is 3.85. The fourth-order valence-corrected chi connectivity index (χ4v) is 1.95. The van der Waals surface area contributed by atoms with Gasteiger partial charge in [0.15, 0.2) is 0 Å². The van der Waals surface area contributed by atoms with Crippen LogP contribution in [0.2, 0.25) is 5.02 Å². The minimum atomic E-state index is -0.512. The molecule has 1 aromatic heterocycles. The molecule has 0 aliphatic heterocycles. The quantitative estimate of drug-likeness (QED) is 0.940. The highest BCUT2D eigenvalue weighted by Crippen LogP contribution is 2.19. The summed E-state index contributed by atoms with van der Waals surface area (Å²) in [6.45, 7) is 1.86. The molecule has 6 heteroatoms. The number of anilines is 1. The molecular weight excluding hydrogens is 269 g/mol. The van der Waals surface area contributed by atoms with E-state index in [9.17, 15) is 9.18 Å². The van der Waals surface area contributed by atoms with Crippen LogP contribution >= 0.6 is 11.6 Å². The third-order valence-corrected chi connectivity index (χ3v) is 2.93. The van der Waals surface area contributed by atoms with Crippen molar-refractivity contribution in [3.05, 3.63) is 46.5 Å². The van der Waals surface area contributed by atoms with Crippen molar-refractivity contribution in [2.24, 2.45) is 7.05 Å². The van der Waals surface area contributed by atoms with E-state index in [1.165, 1.54) is 18.2 Å². The van der Waals surface area contributed by atoms with Gasteiger partial charge in [0.25, 0.3) is 0 Å². The summed E-state index contributed by atoms with van der Waals surface area (Å²) in [4.78, 5) is 11.9. The Morgan fingerprint density at radius 2 is 2.21 bits per heavy atom. The number of carbonyl (C=O) groups is 1. The molecule has 0 fully saturated rings. The first-order valence-electron chi connectivity index (χ1n) is 5.70. The zero-order valence-electron chi connectivity index (χ0n) is 10.6. The summed E-state index contributed by atoms with van der Waals surface area (Å²) in [5, 5.41) is 6.81. The van der Waals surface area contributed by atoms with E-state index in [1.807, 2.05) is 13.0 Å². The van der Waals surface area contributed by atoms with Gasteiger partial charge in [-0.2, -0.15) is 5.10 Å². The predicted octanol–water partition coefficient (Wildman–Crippen LogP) is 2.70. The van der Waals surface area contributed by atoms with E-state index in [4.69, 9.17) is 11.6 Å². The Morgan fingerprint density at radius 3 is 2.79 bits per heavy atom. The van der Waals surface area contributed by atoms with Gasteiger partial charge >= 0.3 is 0 Å². The van der Waals surface area contributed by atoms with Crippen molar-refractivity contribution in [1.29, 1.82) is 0 Å². The Hall–Kier alpha value is -1.88. The highest BCUT2D eigenvalue weighted by Gasteiger charge is 2.09. The topological polar surface area (TPSA) is 46.9 Å². The maximum Gasteiger partial charge on any atom is 0.230 e. The van der Waals surface area contributed by atoms with Gasteiger partial charge in [0.1, 0.15) is 5.82 Å². The lowest BCUT2D eigenvalue weighted by atomic mass is 10.2. The second kappa shape index (κ2) is 5.40. The number of aromatic nitrogens is 2. The molecule has 19 heavy (non-hydrogen) atoms. The van der Waals surface area contributed by atoms with E-state index in [1.54, 1.807) is 11.7 Å². The Balaban J connectivity index is 2.05. The van der Waals surface area contributed by atoms with Crippen molar-refractivity contribution in [3.63, 3.8) is 0 Å². The molecule has 0 saturated carbocycles. The highest BCUT2D eigenvalue weighted by molar-refractivity contribution is 6.31. The predicted molar refractivity (Wildman–Crippen MR) is 71.7 cm³/mol. The van der Waals surface area contributed by atoms with E-state index in [0.717, 1.165) is 11.4 Å². The van der Waals surface area contributed by atoms with E-state index in [0.29, 0.717) is 5.69 Å². The zero-order chi connectivity index (χ0) is 14.0. The molecule has 2 aromatic rings. The number of aryl methyl sites for hydroxylation is 2. The Labute approximate surface area is 115 Å². The number of amides is 1. The first-order valence-corrected chi connectivity index (χ1v) is 6.08. The molecule has 100 valence electrons. The number of nitrogens with one attached hydrogen (secondary N) is 1. The van der Waals surface area contributed by atoms with Gasteiger partial charge in [0.2, 0.25) is 5.91 Å². The maximum absolute atomic E-state index is 13.0. The fourth-order valence-electron chi connectivity index (χ4n) is 1.77. The average Bonchev–Trinajstić information content (AvgIpc) is 2.62. The normalized spacial score (nSPS) is 10.5. The standard InChI is InChI=1S/C13H13ClFN3O/c1-8-5-10(18(2)17-8)7-13(19)16-9-3-4-12(15)11(14)6-9/h3-6H,7H2,1-2H3,(H,16,19). The Bertz CT molecular complexity index is 624. The molecular formula is C13H13ClFN3O. The van der Waals surface area contributed by atoms with Crippen LogP contribution in [-0.4, -0.2) is 15.7 Å². The van der Waals surface area contributed by atoms with Crippen LogP contribution in [0.15, 0.2) is 24.3 Å². The van der Waals surface area contributed by atoms with E-state index < -0.39 is 5.82 Å². The van der Waals surface area contributed by atoms with Gasteiger partial charge in [0.05, 0.1) is 17.1 Å². The molecule has 0 aliphatic rings. The first-order chi connectivity index (χ1) is 8.95. The van der Waals surface area contributed by atoms with Gasteiger partial charge in [-0.25, -0.2) is 4.39 Å². The average molecular weight is 282 g/mol. The van der Waals surface area contributed by atoms with Gasteiger partial charge < -0.3 is 5.32 Å². The summed E-state index contributed by atoms with van der Waals surface area (Å²) in [5.41, 5.74) is 2.13. The summed E-state index contributed by atoms with van der Waals surface area (Å²) < 4.78 is 14.6. The van der Waals surface area contributed by atoms with Crippen molar-refractivity contribution in [2.75, 3.05) is 5.32 Å². The fraction of sp³-hybridized carbons (Fsp3) is 0.231. The third kappa shape index (κ3) is 3.32. The van der Waals surface area contributed by atoms with Crippen molar-refractivity contribution in [1.82, 2.24) is 9.78 Å². The van der Waals surface area contributed by atoms with Crippen molar-refractivity contribution in [3.8, 4) is 0 Å². The van der Waals surface area contributed by atoms with Gasteiger partial charge in [-0.3, -0.25) is 9.48 Å². The molecule has 0 bridgehead atoms. The van der Waals surface area contributed by atoms with Crippen LogP contribution in [0.5, 0.6) is 0 Å². The summed E-state index contributed by atoms with van der Waals surface area (Å²) >= 11 is 5.65. The molecule has 0 radical (unpaired) electrons. The summed E-state index contributed by atoms with van der Waals surface area (Å²) in [5.74, 6) is -0.715. The van der Waals surface area contributed by atoms with Crippen LogP contribution in [0.25, 0.3) is 0 Å². The lowest BCUT2D eigenvalue weighted by Crippen LogP contribution is -2.16. The molecule has 4 nitrogen and oxygen atoms in total. The van der Waals surface area contributed by atoms with Crippen molar-refractivity contribution in [2.45, 2.75) is 13.3 Å². The summed E-state index contributed by atoms with van der Waals surface area (Å²) in [7, 11) is 1.78. The van der Waals surface area contributed by atoms with Gasteiger partial charge in [-0.15, -0.1) is 0 Å². The number of rotatable bonds is 3. The van der Waals surface area contributed by atoms with Gasteiger partial charge in [-0.1, -0.05) is 11.6 Å². The van der Waals surface area contributed by atoms with Crippen LogP contribution < -0.4 is 5.32 Å². The zero-order valence-corrected chi connectivity index (χ0v) is 11.3. The minimum Gasteiger partial charge on any atom is -0.326 e. The van der Waals surface area contributed by atoms with E-state index >= 15 is 0 Å². The van der Waals surface area contributed by atoms with Crippen LogP contribution in [-0.2, 0) is 18.3 Å². The van der Waals surface area contributed by atoms with Crippen molar-refractivity contribution < 1.29 is 9.18 Å². The molecule has 0 atom stereocenters. The van der Waals surface area contributed by atoms with Crippen LogP contribution in [0, 0.1) is 12.7 Å². The Morgan fingerprint density at radius 1 is 1.47 bits per heavy atom. The second-order valence-corrected chi connectivity index (χ2v) is 4.66. The largest absolute Gasteiger partial charge is 0.326 e. The summed E-state index contributed by atoms with van der Waals surface area (Å²) in [6, 6.07) is 5.90. The SMILES string of the molecule is Cc1cc(CC(=O)Nc2ccc(F)c(Cl)c2)n(C)n1. The number of halogens is 2. The number of benzene rings is 1.